The van der Waals surface area contributed by atoms with E-state index in [0.717, 1.165) is 28.4 Å². The van der Waals surface area contributed by atoms with Gasteiger partial charge in [0, 0.05) is 23.9 Å². The lowest BCUT2D eigenvalue weighted by atomic mass is 10.0. The van der Waals surface area contributed by atoms with Gasteiger partial charge in [-0.05, 0) is 42.3 Å². The van der Waals surface area contributed by atoms with Gasteiger partial charge in [-0.15, -0.1) is 11.3 Å². The molecule has 7 nitrogen and oxygen atoms in total. The summed E-state index contributed by atoms with van der Waals surface area (Å²) in [6.45, 7) is -0.162. The largest absolute Gasteiger partial charge is 0.346 e. The fraction of sp³-hybridized carbons (Fsp3) is 0.120. The van der Waals surface area contributed by atoms with Crippen LogP contribution in [0, 0.1) is 11.6 Å². The average Bonchev–Trinajstić information content (AvgIpc) is 3.58. The molecule has 0 radical (unpaired) electrons. The van der Waals surface area contributed by atoms with Crippen LogP contribution in [-0.4, -0.2) is 45.4 Å². The van der Waals surface area contributed by atoms with Crippen LogP contribution >= 0.6 is 22.9 Å². The van der Waals surface area contributed by atoms with E-state index >= 15 is 0 Å². The first-order chi connectivity index (χ1) is 17.3. The summed E-state index contributed by atoms with van der Waals surface area (Å²) in [6.07, 6.45) is 3.26. The zero-order chi connectivity index (χ0) is 25.4. The molecule has 2 aromatic heterocycles. The molecule has 2 aromatic carbocycles. The third-order valence-electron chi connectivity index (χ3n) is 5.80. The summed E-state index contributed by atoms with van der Waals surface area (Å²) in [5, 5.41) is 9.40. The van der Waals surface area contributed by atoms with Gasteiger partial charge in [0.05, 0.1) is 28.2 Å². The number of H-pyrrole nitrogens is 1. The van der Waals surface area contributed by atoms with E-state index in [1.165, 1.54) is 6.07 Å². The molecule has 0 fully saturated rings. The van der Waals surface area contributed by atoms with Gasteiger partial charge in [-0.25, -0.2) is 8.78 Å². The van der Waals surface area contributed by atoms with Gasteiger partial charge in [0.15, 0.2) is 11.6 Å². The Bertz CT molecular complexity index is 1450. The highest BCUT2D eigenvalue weighted by Gasteiger charge is 2.36. The second kappa shape index (κ2) is 9.63. The Labute approximate surface area is 212 Å². The highest BCUT2D eigenvalue weighted by molar-refractivity contribution is 7.18. The van der Waals surface area contributed by atoms with Gasteiger partial charge in [0.25, 0.3) is 17.7 Å². The van der Waals surface area contributed by atoms with Crippen molar-refractivity contribution in [1.82, 2.24) is 20.4 Å². The van der Waals surface area contributed by atoms with Gasteiger partial charge in [-0.1, -0.05) is 29.8 Å². The van der Waals surface area contributed by atoms with Crippen LogP contribution in [0.25, 0.3) is 11.1 Å². The van der Waals surface area contributed by atoms with Crippen LogP contribution < -0.4 is 5.32 Å². The first-order valence-electron chi connectivity index (χ1n) is 10.8. The van der Waals surface area contributed by atoms with E-state index in [4.69, 9.17) is 11.6 Å². The minimum atomic E-state index is -1.03. The number of amides is 3. The number of hydrogen-bond donors (Lipinski definition) is 2. The minimum absolute atomic E-state index is 0.0457. The number of nitrogens with zero attached hydrogens (tertiary/aromatic N) is 2. The van der Waals surface area contributed by atoms with Crippen molar-refractivity contribution in [2.75, 3.05) is 6.54 Å². The van der Waals surface area contributed by atoms with Crippen molar-refractivity contribution in [3.05, 3.63) is 98.5 Å². The summed E-state index contributed by atoms with van der Waals surface area (Å²) in [6, 6.07) is 10.7. The first-order valence-corrected chi connectivity index (χ1v) is 12.0. The number of carbonyl (C=O) groups is 3. The van der Waals surface area contributed by atoms with E-state index in [-0.39, 0.29) is 24.1 Å². The topological polar surface area (TPSA) is 95.2 Å². The lowest BCUT2D eigenvalue weighted by Crippen LogP contribution is -2.46. The maximum atomic E-state index is 13.8. The van der Waals surface area contributed by atoms with Crippen LogP contribution in [0.1, 0.15) is 36.0 Å². The number of hydrogen-bond acceptors (Lipinski definition) is 5. The van der Waals surface area contributed by atoms with Crippen molar-refractivity contribution >= 4 is 40.7 Å². The number of rotatable bonds is 7. The summed E-state index contributed by atoms with van der Waals surface area (Å²) >= 11 is 7.39. The molecule has 182 valence electrons. The maximum Gasteiger partial charge on any atom is 0.261 e. The molecule has 1 atom stereocenters. The van der Waals surface area contributed by atoms with Crippen LogP contribution in [0.3, 0.4) is 0 Å². The maximum absolute atomic E-state index is 13.8. The second-order valence-electron chi connectivity index (χ2n) is 8.17. The molecule has 0 unspecified atom stereocenters. The SMILES string of the molecule is O=C(N[C@@H](Cc1ccc(F)c(F)c1)CN1C(=O)c2ccccc2C1=O)c1cc(-c2cn[nH]c2)c(Cl)s1. The molecule has 0 saturated heterocycles. The first kappa shape index (κ1) is 23.8. The quantitative estimate of drug-likeness (QED) is 0.341. The molecule has 11 heteroatoms. The normalized spacial score (nSPS) is 13.7. The molecule has 2 N–H and O–H groups in total. The van der Waals surface area contributed by atoms with Crippen molar-refractivity contribution in [3.63, 3.8) is 0 Å². The van der Waals surface area contributed by atoms with E-state index in [1.54, 1.807) is 42.7 Å². The molecular formula is C25H17ClF2N4O3S. The second-order valence-corrected chi connectivity index (χ2v) is 9.83. The fourth-order valence-corrected chi connectivity index (χ4v) is 5.29. The van der Waals surface area contributed by atoms with E-state index in [0.29, 0.717) is 25.9 Å². The van der Waals surface area contributed by atoms with E-state index < -0.39 is 35.4 Å². The molecule has 1 aliphatic rings. The molecule has 0 spiro atoms. The summed E-state index contributed by atoms with van der Waals surface area (Å²) in [5.41, 5.74) is 2.27. The van der Waals surface area contributed by atoms with Crippen LogP contribution in [0.2, 0.25) is 4.34 Å². The molecule has 3 amide bonds. The van der Waals surface area contributed by atoms with Gasteiger partial charge < -0.3 is 5.32 Å². The Morgan fingerprint density at radius 2 is 1.78 bits per heavy atom. The predicted octanol–water partition coefficient (Wildman–Crippen LogP) is 4.71. The molecule has 36 heavy (non-hydrogen) atoms. The molecule has 5 rings (SSSR count). The summed E-state index contributed by atoms with van der Waals surface area (Å²) in [5.74, 6) is -3.49. The summed E-state index contributed by atoms with van der Waals surface area (Å²) < 4.78 is 27.7. The highest BCUT2D eigenvalue weighted by atomic mass is 35.5. The Kier molecular flexibility index (Phi) is 6.38. The number of benzene rings is 2. The Hall–Kier alpha value is -3.89. The molecule has 1 aliphatic heterocycles. The Balaban J connectivity index is 1.41. The molecule has 4 aromatic rings. The molecule has 0 bridgehead atoms. The third-order valence-corrected chi connectivity index (χ3v) is 7.16. The van der Waals surface area contributed by atoms with E-state index in [2.05, 4.69) is 15.5 Å². The van der Waals surface area contributed by atoms with Gasteiger partial charge in [0.1, 0.15) is 4.34 Å². The highest BCUT2D eigenvalue weighted by Crippen LogP contribution is 2.35. The molecule has 3 heterocycles. The monoisotopic (exact) mass is 526 g/mol. The van der Waals surface area contributed by atoms with Gasteiger partial charge in [-0.2, -0.15) is 5.10 Å². The Morgan fingerprint density at radius 3 is 2.42 bits per heavy atom. The lowest BCUT2D eigenvalue weighted by molar-refractivity contribution is 0.0629. The summed E-state index contributed by atoms with van der Waals surface area (Å²) in [4.78, 5) is 40.3. The number of nitrogens with one attached hydrogen (secondary N) is 2. The van der Waals surface area contributed by atoms with Gasteiger partial charge >= 0.3 is 0 Å². The smallest absolute Gasteiger partial charge is 0.261 e. The van der Waals surface area contributed by atoms with E-state index in [1.807, 2.05) is 0 Å². The lowest BCUT2D eigenvalue weighted by Gasteiger charge is -2.24. The van der Waals surface area contributed by atoms with Crippen LogP contribution in [0.5, 0.6) is 0 Å². The number of aromatic amines is 1. The number of halogens is 3. The number of carbonyl (C=O) groups excluding carboxylic acids is 3. The molecule has 0 saturated carbocycles. The predicted molar refractivity (Wildman–Crippen MR) is 130 cm³/mol. The molecular weight excluding hydrogens is 510 g/mol. The average molecular weight is 527 g/mol. The number of thiophene rings is 1. The minimum Gasteiger partial charge on any atom is -0.346 e. The summed E-state index contributed by atoms with van der Waals surface area (Å²) in [7, 11) is 0. The molecule has 0 aliphatic carbocycles. The van der Waals surface area contributed by atoms with Gasteiger partial charge in [-0.3, -0.25) is 24.4 Å². The van der Waals surface area contributed by atoms with Crippen molar-refractivity contribution in [1.29, 1.82) is 0 Å². The number of imide groups is 1. The van der Waals surface area contributed by atoms with E-state index in [9.17, 15) is 23.2 Å². The van der Waals surface area contributed by atoms with Crippen molar-refractivity contribution < 1.29 is 23.2 Å². The van der Waals surface area contributed by atoms with Gasteiger partial charge in [0.2, 0.25) is 0 Å². The van der Waals surface area contributed by atoms with Crippen LogP contribution in [0.15, 0.2) is 60.9 Å². The number of fused-ring (bicyclic) bond motifs is 1. The standard InChI is InChI=1S/C25H17ClF2N4O3S/c26-22-18(14-10-29-30-11-14)9-21(36-22)23(33)31-15(7-13-5-6-19(27)20(28)8-13)12-32-24(34)16-3-1-2-4-17(16)25(32)35/h1-6,8-11,15H,7,12H2,(H,29,30)(H,31,33)/t15-/m0/s1. The zero-order valence-corrected chi connectivity index (χ0v) is 20.0. The van der Waals surface area contributed by atoms with Crippen LogP contribution in [0.4, 0.5) is 8.78 Å². The fourth-order valence-electron chi connectivity index (χ4n) is 4.07. The third kappa shape index (κ3) is 4.52. The van der Waals surface area contributed by atoms with Crippen molar-refractivity contribution in [2.24, 2.45) is 0 Å². The zero-order valence-electron chi connectivity index (χ0n) is 18.4. The van der Waals surface area contributed by atoms with Crippen LogP contribution in [-0.2, 0) is 6.42 Å². The van der Waals surface area contributed by atoms with Crippen molar-refractivity contribution in [3.8, 4) is 11.1 Å². The Morgan fingerprint density at radius 1 is 1.06 bits per heavy atom. The van der Waals surface area contributed by atoms with Crippen molar-refractivity contribution in [2.45, 2.75) is 12.5 Å². The number of aromatic nitrogens is 2.